The van der Waals surface area contributed by atoms with Crippen molar-refractivity contribution in [2.75, 3.05) is 58.2 Å². The maximum absolute atomic E-state index is 12.4. The predicted molar refractivity (Wildman–Crippen MR) is 111 cm³/mol. The fourth-order valence-corrected chi connectivity index (χ4v) is 5.29. The second-order valence-electron chi connectivity index (χ2n) is 7.18. The summed E-state index contributed by atoms with van der Waals surface area (Å²) in [4.78, 5) is 14.1. The van der Waals surface area contributed by atoms with Crippen LogP contribution in [0.3, 0.4) is 0 Å². The molecule has 1 aromatic rings. The third-order valence-electron chi connectivity index (χ3n) is 5.42. The summed E-state index contributed by atoms with van der Waals surface area (Å²) in [7, 11) is 0. The molecular formula is C20H32N4O2S. The van der Waals surface area contributed by atoms with Gasteiger partial charge in [-0.05, 0) is 38.0 Å². The summed E-state index contributed by atoms with van der Waals surface area (Å²) in [6.45, 7) is 7.59. The van der Waals surface area contributed by atoms with E-state index in [0.29, 0.717) is 0 Å². The predicted octanol–water partition coefficient (Wildman–Crippen LogP) is 0.990. The Kier molecular flexibility index (Phi) is 7.96. The van der Waals surface area contributed by atoms with E-state index in [2.05, 4.69) is 27.7 Å². The number of benzene rings is 1. The molecule has 0 aliphatic carbocycles. The highest BCUT2D eigenvalue weighted by Gasteiger charge is 2.47. The van der Waals surface area contributed by atoms with E-state index in [0.717, 1.165) is 71.1 Å². The second kappa shape index (κ2) is 10.4. The van der Waals surface area contributed by atoms with Gasteiger partial charge in [-0.15, -0.1) is 11.8 Å². The van der Waals surface area contributed by atoms with Crippen molar-refractivity contribution >= 4 is 17.7 Å². The topological polar surface area (TPSA) is 79.6 Å². The zero-order chi connectivity index (χ0) is 19.0. The molecule has 2 saturated heterocycles. The summed E-state index contributed by atoms with van der Waals surface area (Å²) < 4.78 is 5.39. The molecule has 2 heterocycles. The van der Waals surface area contributed by atoms with Crippen LogP contribution in [-0.2, 0) is 9.53 Å². The van der Waals surface area contributed by atoms with Crippen LogP contribution in [0.25, 0.3) is 0 Å². The van der Waals surface area contributed by atoms with Crippen molar-refractivity contribution in [3.8, 4) is 0 Å². The summed E-state index contributed by atoms with van der Waals surface area (Å²) in [5.41, 5.74) is 7.02. The molecule has 27 heavy (non-hydrogen) atoms. The number of thioether (sulfide) groups is 1. The van der Waals surface area contributed by atoms with Gasteiger partial charge in [0, 0.05) is 31.3 Å². The summed E-state index contributed by atoms with van der Waals surface area (Å²) in [5.74, 6) is 0.723. The van der Waals surface area contributed by atoms with Gasteiger partial charge < -0.3 is 15.8 Å². The van der Waals surface area contributed by atoms with Gasteiger partial charge >= 0.3 is 0 Å². The van der Waals surface area contributed by atoms with E-state index < -0.39 is 4.87 Å². The zero-order valence-corrected chi connectivity index (χ0v) is 16.8. The first kappa shape index (κ1) is 20.6. The molecule has 2 atom stereocenters. The normalized spacial score (nSPS) is 24.7. The lowest BCUT2D eigenvalue weighted by Crippen LogP contribution is -2.54. The number of ether oxygens (including phenoxy) is 1. The Morgan fingerprint density at radius 3 is 2.74 bits per heavy atom. The van der Waals surface area contributed by atoms with Crippen LogP contribution < -0.4 is 16.4 Å². The van der Waals surface area contributed by atoms with Gasteiger partial charge in [0.15, 0.2) is 4.87 Å². The Morgan fingerprint density at radius 2 is 2.07 bits per heavy atom. The molecule has 1 aromatic carbocycles. The number of hydrogen-bond donors (Lipinski definition) is 3. The number of nitrogens with one attached hydrogen (secondary N) is 2. The van der Waals surface area contributed by atoms with Crippen molar-refractivity contribution in [3.63, 3.8) is 0 Å². The van der Waals surface area contributed by atoms with Gasteiger partial charge in [-0.3, -0.25) is 15.0 Å². The average Bonchev–Trinajstić information content (AvgIpc) is 3.20. The van der Waals surface area contributed by atoms with E-state index in [9.17, 15) is 4.79 Å². The van der Waals surface area contributed by atoms with Gasteiger partial charge in [0.1, 0.15) is 0 Å². The number of morpholine rings is 1. The smallest absolute Gasteiger partial charge is 0.248 e. The third kappa shape index (κ3) is 5.45. The Morgan fingerprint density at radius 1 is 1.30 bits per heavy atom. The zero-order valence-electron chi connectivity index (χ0n) is 16.0. The van der Waals surface area contributed by atoms with Crippen LogP contribution in [0.15, 0.2) is 30.3 Å². The molecule has 0 spiro atoms. The first-order valence-corrected chi connectivity index (χ1v) is 11.0. The molecule has 2 aliphatic rings. The SMILES string of the molecule is NC(=O)C1(C(CCNCCCN2CCOCC2)c2ccccc2)NCCS1. The fraction of sp³-hybridized carbons (Fsp3) is 0.650. The van der Waals surface area contributed by atoms with Crippen molar-refractivity contribution in [2.45, 2.75) is 23.6 Å². The molecule has 2 aliphatic heterocycles. The summed E-state index contributed by atoms with van der Waals surface area (Å²) in [5, 5.41) is 6.96. The summed E-state index contributed by atoms with van der Waals surface area (Å²) in [6, 6.07) is 10.3. The number of hydrogen-bond acceptors (Lipinski definition) is 6. The molecule has 1 amide bonds. The van der Waals surface area contributed by atoms with Crippen LogP contribution in [0.5, 0.6) is 0 Å². The number of carbonyl (C=O) groups excluding carboxylic acids is 1. The number of nitrogens with zero attached hydrogens (tertiary/aromatic N) is 1. The molecule has 0 radical (unpaired) electrons. The number of carbonyl (C=O) groups is 1. The van der Waals surface area contributed by atoms with Crippen molar-refractivity contribution in [1.29, 1.82) is 0 Å². The fourth-order valence-electron chi connectivity index (χ4n) is 3.97. The molecule has 150 valence electrons. The minimum absolute atomic E-state index is 0.0652. The van der Waals surface area contributed by atoms with Crippen molar-refractivity contribution in [3.05, 3.63) is 35.9 Å². The van der Waals surface area contributed by atoms with E-state index in [1.807, 2.05) is 18.2 Å². The quantitative estimate of drug-likeness (QED) is 0.516. The van der Waals surface area contributed by atoms with E-state index in [4.69, 9.17) is 10.5 Å². The number of nitrogens with two attached hydrogens (primary N) is 1. The Bertz CT molecular complexity index is 575. The van der Waals surface area contributed by atoms with Crippen LogP contribution in [0, 0.1) is 0 Å². The van der Waals surface area contributed by atoms with E-state index in [-0.39, 0.29) is 11.8 Å². The van der Waals surface area contributed by atoms with E-state index in [1.165, 1.54) is 5.56 Å². The summed E-state index contributed by atoms with van der Waals surface area (Å²) in [6.07, 6.45) is 2.01. The van der Waals surface area contributed by atoms with Crippen molar-refractivity contribution in [1.82, 2.24) is 15.5 Å². The minimum Gasteiger partial charge on any atom is -0.379 e. The largest absolute Gasteiger partial charge is 0.379 e. The standard InChI is InChI=1S/C20H32N4O2S/c21-19(25)20(23-10-16-27-20)18(17-5-2-1-3-6-17)7-9-22-8-4-11-24-12-14-26-15-13-24/h1-3,5-6,18,22-23H,4,7-16H2,(H2,21,25). The lowest BCUT2D eigenvalue weighted by atomic mass is 9.87. The molecule has 2 fully saturated rings. The number of primary amides is 1. The van der Waals surface area contributed by atoms with Gasteiger partial charge in [0.25, 0.3) is 0 Å². The molecule has 0 saturated carbocycles. The molecule has 3 rings (SSSR count). The van der Waals surface area contributed by atoms with Gasteiger partial charge in [-0.25, -0.2) is 0 Å². The third-order valence-corrected chi connectivity index (χ3v) is 6.91. The molecule has 6 nitrogen and oxygen atoms in total. The maximum Gasteiger partial charge on any atom is 0.248 e. The van der Waals surface area contributed by atoms with Crippen LogP contribution in [0.4, 0.5) is 0 Å². The highest BCUT2D eigenvalue weighted by molar-refractivity contribution is 8.01. The molecule has 7 heteroatoms. The van der Waals surface area contributed by atoms with Gasteiger partial charge in [-0.1, -0.05) is 30.3 Å². The van der Waals surface area contributed by atoms with Crippen molar-refractivity contribution < 1.29 is 9.53 Å². The first-order valence-electron chi connectivity index (χ1n) is 9.97. The van der Waals surface area contributed by atoms with Crippen LogP contribution >= 0.6 is 11.8 Å². The minimum atomic E-state index is -0.698. The molecular weight excluding hydrogens is 360 g/mol. The highest BCUT2D eigenvalue weighted by Crippen LogP contribution is 2.42. The van der Waals surface area contributed by atoms with Gasteiger partial charge in [0.2, 0.25) is 5.91 Å². The molecule has 0 aromatic heterocycles. The number of amides is 1. The van der Waals surface area contributed by atoms with Crippen LogP contribution in [0.2, 0.25) is 0 Å². The van der Waals surface area contributed by atoms with Crippen molar-refractivity contribution in [2.24, 2.45) is 5.73 Å². The molecule has 4 N–H and O–H groups in total. The van der Waals surface area contributed by atoms with E-state index in [1.54, 1.807) is 11.8 Å². The van der Waals surface area contributed by atoms with Crippen LogP contribution in [0.1, 0.15) is 24.3 Å². The average molecular weight is 393 g/mol. The van der Waals surface area contributed by atoms with Crippen LogP contribution in [-0.4, -0.2) is 73.9 Å². The van der Waals surface area contributed by atoms with Gasteiger partial charge in [-0.2, -0.15) is 0 Å². The summed E-state index contributed by atoms with van der Waals surface area (Å²) >= 11 is 1.66. The maximum atomic E-state index is 12.4. The Balaban J connectivity index is 1.51. The monoisotopic (exact) mass is 392 g/mol. The molecule has 2 unspecified atom stereocenters. The Labute approximate surface area is 166 Å². The second-order valence-corrected chi connectivity index (χ2v) is 8.53. The van der Waals surface area contributed by atoms with Gasteiger partial charge in [0.05, 0.1) is 13.2 Å². The highest BCUT2D eigenvalue weighted by atomic mass is 32.2. The first-order chi connectivity index (χ1) is 13.2. The number of rotatable bonds is 10. The van der Waals surface area contributed by atoms with E-state index >= 15 is 0 Å². The lowest BCUT2D eigenvalue weighted by molar-refractivity contribution is -0.121. The lowest BCUT2D eigenvalue weighted by Gasteiger charge is -2.34. The molecule has 0 bridgehead atoms. The Hall–Kier alpha value is -1.12.